The minimum absolute atomic E-state index is 0.200. The second kappa shape index (κ2) is 6.10. The Kier molecular flexibility index (Phi) is 5.03. The third-order valence-electron chi connectivity index (χ3n) is 3.31. The molecule has 0 aromatic heterocycles. The van der Waals surface area contributed by atoms with Crippen molar-refractivity contribution in [3.8, 4) is 0 Å². The highest BCUT2D eigenvalue weighted by molar-refractivity contribution is 5.68. The number of ether oxygens (including phenoxy) is 1. The summed E-state index contributed by atoms with van der Waals surface area (Å²) in [5.74, 6) is 1.09. The number of hydrogen-bond donors (Lipinski definition) is 1. The van der Waals surface area contributed by atoms with E-state index >= 15 is 0 Å². The van der Waals surface area contributed by atoms with Crippen molar-refractivity contribution in [2.45, 2.75) is 58.6 Å². The quantitative estimate of drug-likeness (QED) is 0.761. The molecule has 0 bridgehead atoms. The molecule has 0 aliphatic heterocycles. The molecule has 0 spiro atoms. The minimum atomic E-state index is -0.438. The van der Waals surface area contributed by atoms with Crippen LogP contribution in [-0.2, 0) is 4.74 Å². The van der Waals surface area contributed by atoms with Crippen LogP contribution >= 0.6 is 0 Å². The standard InChI is InChI=1S/C15H25NO2/c1-6-7-12-10-13(9-8-11(12)2)16-14(17)18-15(3,4)5/h7,11-13H,1,8-10H2,2-5H3,(H,16,17). The van der Waals surface area contributed by atoms with Gasteiger partial charge in [-0.05, 0) is 57.9 Å². The van der Waals surface area contributed by atoms with Crippen LogP contribution in [0, 0.1) is 11.8 Å². The molecule has 3 unspecified atom stereocenters. The molecule has 1 fully saturated rings. The van der Waals surface area contributed by atoms with Gasteiger partial charge in [0.15, 0.2) is 0 Å². The van der Waals surface area contributed by atoms with Crippen LogP contribution in [-0.4, -0.2) is 17.7 Å². The number of amides is 1. The summed E-state index contributed by atoms with van der Waals surface area (Å²) in [6.07, 6.45) is 4.78. The lowest BCUT2D eigenvalue weighted by Crippen LogP contribution is -2.42. The summed E-state index contributed by atoms with van der Waals surface area (Å²) in [6.45, 7) is 11.5. The summed E-state index contributed by atoms with van der Waals surface area (Å²) in [7, 11) is 0. The SMILES string of the molecule is C=C=CC1CC(NC(=O)OC(C)(C)C)CCC1C. The average Bonchev–Trinajstić information content (AvgIpc) is 2.20. The van der Waals surface area contributed by atoms with E-state index in [0.29, 0.717) is 11.8 Å². The van der Waals surface area contributed by atoms with Gasteiger partial charge in [0, 0.05) is 6.04 Å². The Balaban J connectivity index is 2.48. The van der Waals surface area contributed by atoms with Crippen molar-refractivity contribution < 1.29 is 9.53 Å². The molecule has 0 aromatic rings. The first-order valence-electron chi connectivity index (χ1n) is 6.67. The second-order valence-corrected chi connectivity index (χ2v) is 6.17. The molecular weight excluding hydrogens is 226 g/mol. The van der Waals surface area contributed by atoms with Crippen molar-refractivity contribution in [3.63, 3.8) is 0 Å². The first kappa shape index (κ1) is 14.8. The Labute approximate surface area is 110 Å². The van der Waals surface area contributed by atoms with Gasteiger partial charge in [-0.1, -0.05) is 13.5 Å². The molecule has 1 rings (SSSR count). The fraction of sp³-hybridized carbons (Fsp3) is 0.733. The monoisotopic (exact) mass is 251 g/mol. The number of nitrogens with one attached hydrogen (secondary N) is 1. The molecule has 3 atom stereocenters. The summed E-state index contributed by atoms with van der Waals surface area (Å²) >= 11 is 0. The van der Waals surface area contributed by atoms with E-state index in [1.165, 1.54) is 0 Å². The summed E-state index contributed by atoms with van der Waals surface area (Å²) in [6, 6.07) is 0.200. The van der Waals surface area contributed by atoms with Crippen molar-refractivity contribution in [2.24, 2.45) is 11.8 Å². The second-order valence-electron chi connectivity index (χ2n) is 6.17. The lowest BCUT2D eigenvalue weighted by molar-refractivity contribution is 0.0480. The summed E-state index contributed by atoms with van der Waals surface area (Å²) in [4.78, 5) is 11.7. The van der Waals surface area contributed by atoms with E-state index in [9.17, 15) is 4.79 Å². The highest BCUT2D eigenvalue weighted by Crippen LogP contribution is 2.30. The predicted octanol–water partition coefficient (Wildman–Crippen LogP) is 3.66. The Morgan fingerprint density at radius 3 is 2.67 bits per heavy atom. The third-order valence-corrected chi connectivity index (χ3v) is 3.31. The highest BCUT2D eigenvalue weighted by atomic mass is 16.6. The zero-order valence-corrected chi connectivity index (χ0v) is 12.0. The van der Waals surface area contributed by atoms with E-state index in [2.05, 4.69) is 24.6 Å². The van der Waals surface area contributed by atoms with E-state index < -0.39 is 5.60 Å². The molecule has 0 radical (unpaired) electrons. The molecule has 1 aliphatic carbocycles. The number of carbonyl (C=O) groups is 1. The van der Waals surface area contributed by atoms with Gasteiger partial charge >= 0.3 is 6.09 Å². The maximum absolute atomic E-state index is 11.7. The van der Waals surface area contributed by atoms with E-state index in [0.717, 1.165) is 19.3 Å². The molecule has 3 heteroatoms. The number of allylic oxidation sites excluding steroid dienone is 1. The highest BCUT2D eigenvalue weighted by Gasteiger charge is 2.28. The Morgan fingerprint density at radius 2 is 2.11 bits per heavy atom. The van der Waals surface area contributed by atoms with Crippen molar-refractivity contribution in [3.05, 3.63) is 18.4 Å². The lowest BCUT2D eigenvalue weighted by Gasteiger charge is -2.33. The molecule has 1 saturated carbocycles. The Hall–Kier alpha value is -1.21. The molecule has 1 aliphatic rings. The van der Waals surface area contributed by atoms with Gasteiger partial charge in [-0.2, -0.15) is 0 Å². The van der Waals surface area contributed by atoms with Crippen LogP contribution in [0.5, 0.6) is 0 Å². The maximum Gasteiger partial charge on any atom is 0.407 e. The smallest absolute Gasteiger partial charge is 0.407 e. The molecular formula is C15H25NO2. The van der Waals surface area contributed by atoms with Crippen LogP contribution in [0.3, 0.4) is 0 Å². The minimum Gasteiger partial charge on any atom is -0.444 e. The van der Waals surface area contributed by atoms with Crippen molar-refractivity contribution >= 4 is 6.09 Å². The van der Waals surface area contributed by atoms with Crippen molar-refractivity contribution in [1.29, 1.82) is 0 Å². The summed E-state index contributed by atoms with van der Waals surface area (Å²) in [5.41, 5.74) is 2.42. The van der Waals surface area contributed by atoms with E-state index in [-0.39, 0.29) is 12.1 Å². The van der Waals surface area contributed by atoms with Gasteiger partial charge in [0.1, 0.15) is 5.60 Å². The average molecular weight is 251 g/mol. The van der Waals surface area contributed by atoms with Crippen LogP contribution in [0.4, 0.5) is 4.79 Å². The maximum atomic E-state index is 11.7. The normalized spacial score (nSPS) is 28.1. The first-order valence-corrected chi connectivity index (χ1v) is 6.67. The fourth-order valence-electron chi connectivity index (χ4n) is 2.35. The zero-order valence-electron chi connectivity index (χ0n) is 12.0. The molecule has 18 heavy (non-hydrogen) atoms. The van der Waals surface area contributed by atoms with Gasteiger partial charge in [0.05, 0.1) is 0 Å². The van der Waals surface area contributed by atoms with Gasteiger partial charge in [-0.15, -0.1) is 5.73 Å². The number of carbonyl (C=O) groups excluding carboxylic acids is 1. The van der Waals surface area contributed by atoms with Gasteiger partial charge in [-0.25, -0.2) is 4.79 Å². The van der Waals surface area contributed by atoms with Crippen molar-refractivity contribution in [1.82, 2.24) is 5.32 Å². The fourth-order valence-corrected chi connectivity index (χ4v) is 2.35. The molecule has 0 aromatic carbocycles. The largest absolute Gasteiger partial charge is 0.444 e. The first-order chi connectivity index (χ1) is 8.31. The Morgan fingerprint density at radius 1 is 1.44 bits per heavy atom. The molecule has 0 heterocycles. The van der Waals surface area contributed by atoms with E-state index in [4.69, 9.17) is 4.74 Å². The van der Waals surface area contributed by atoms with Gasteiger partial charge in [0.2, 0.25) is 0 Å². The van der Waals surface area contributed by atoms with Gasteiger partial charge in [-0.3, -0.25) is 0 Å². The number of rotatable bonds is 2. The molecule has 3 nitrogen and oxygen atoms in total. The van der Waals surface area contributed by atoms with Gasteiger partial charge < -0.3 is 10.1 Å². The Bertz CT molecular complexity index is 337. The van der Waals surface area contributed by atoms with Gasteiger partial charge in [0.25, 0.3) is 0 Å². The predicted molar refractivity (Wildman–Crippen MR) is 73.4 cm³/mol. The van der Waals surface area contributed by atoms with Crippen LogP contribution in [0.15, 0.2) is 18.4 Å². The van der Waals surface area contributed by atoms with Crippen LogP contribution in [0.2, 0.25) is 0 Å². The molecule has 1 amide bonds. The molecule has 1 N–H and O–H groups in total. The lowest BCUT2D eigenvalue weighted by atomic mass is 9.78. The summed E-state index contributed by atoms with van der Waals surface area (Å²) in [5, 5.41) is 2.96. The van der Waals surface area contributed by atoms with E-state index in [1.807, 2.05) is 26.8 Å². The van der Waals surface area contributed by atoms with E-state index in [1.54, 1.807) is 0 Å². The van der Waals surface area contributed by atoms with Crippen molar-refractivity contribution in [2.75, 3.05) is 0 Å². The van der Waals surface area contributed by atoms with Crippen LogP contribution in [0.25, 0.3) is 0 Å². The topological polar surface area (TPSA) is 38.3 Å². The zero-order chi connectivity index (χ0) is 13.8. The molecule has 102 valence electrons. The number of alkyl carbamates (subject to hydrolysis) is 1. The third kappa shape index (κ3) is 4.97. The number of hydrogen-bond acceptors (Lipinski definition) is 2. The molecule has 0 saturated heterocycles. The van der Waals surface area contributed by atoms with Crippen LogP contribution in [0.1, 0.15) is 47.0 Å². The van der Waals surface area contributed by atoms with Crippen LogP contribution < -0.4 is 5.32 Å². The summed E-state index contributed by atoms with van der Waals surface area (Å²) < 4.78 is 5.27.